The van der Waals surface area contributed by atoms with Crippen LogP contribution in [0.1, 0.15) is 25.6 Å². The monoisotopic (exact) mass is 354 g/mol. The highest BCUT2D eigenvalue weighted by Gasteiger charge is 2.10. The third-order valence-electron chi connectivity index (χ3n) is 2.38. The van der Waals surface area contributed by atoms with E-state index in [-0.39, 0.29) is 0 Å². The summed E-state index contributed by atoms with van der Waals surface area (Å²) in [6, 6.07) is 9.99. The number of rotatable bonds is 2. The van der Waals surface area contributed by atoms with E-state index in [9.17, 15) is 0 Å². The van der Waals surface area contributed by atoms with Gasteiger partial charge in [0.05, 0.1) is 5.69 Å². The minimum absolute atomic E-state index is 0.314. The van der Waals surface area contributed by atoms with E-state index >= 15 is 0 Å². The standard InChI is InChI=1S/C13H12Br2N2/c1-8(2)13-16-11(7-12(15)17-13)9-5-3-4-6-10(9)14/h3-8H,1-2H3. The van der Waals surface area contributed by atoms with Crippen molar-refractivity contribution < 1.29 is 0 Å². The van der Waals surface area contributed by atoms with Gasteiger partial charge in [0.1, 0.15) is 10.4 Å². The molecule has 4 heteroatoms. The normalized spacial score (nSPS) is 10.9. The number of aromatic nitrogens is 2. The molecule has 88 valence electrons. The minimum Gasteiger partial charge on any atom is -0.233 e. The molecule has 0 atom stereocenters. The summed E-state index contributed by atoms with van der Waals surface area (Å²) in [4.78, 5) is 8.97. The molecule has 1 aromatic carbocycles. The summed E-state index contributed by atoms with van der Waals surface area (Å²) >= 11 is 6.98. The highest BCUT2D eigenvalue weighted by Crippen LogP contribution is 2.28. The van der Waals surface area contributed by atoms with E-state index in [4.69, 9.17) is 0 Å². The van der Waals surface area contributed by atoms with Crippen molar-refractivity contribution in [1.82, 2.24) is 9.97 Å². The number of halogens is 2. The van der Waals surface area contributed by atoms with Crippen LogP contribution in [0.4, 0.5) is 0 Å². The van der Waals surface area contributed by atoms with Gasteiger partial charge in [-0.25, -0.2) is 9.97 Å². The van der Waals surface area contributed by atoms with Crippen LogP contribution in [0.15, 0.2) is 39.4 Å². The fourth-order valence-corrected chi connectivity index (χ4v) is 2.39. The number of hydrogen-bond donors (Lipinski definition) is 0. The first-order valence-corrected chi connectivity index (χ1v) is 6.96. The molecule has 1 aromatic heterocycles. The average molecular weight is 356 g/mol. The van der Waals surface area contributed by atoms with Gasteiger partial charge in [-0.3, -0.25) is 0 Å². The molecule has 0 bridgehead atoms. The fourth-order valence-electron chi connectivity index (χ4n) is 1.50. The van der Waals surface area contributed by atoms with Crippen LogP contribution in [-0.4, -0.2) is 9.97 Å². The molecule has 0 fully saturated rings. The summed E-state index contributed by atoms with van der Waals surface area (Å²) in [6.07, 6.45) is 0. The van der Waals surface area contributed by atoms with Crippen molar-refractivity contribution in [3.05, 3.63) is 45.2 Å². The lowest BCUT2D eigenvalue weighted by Gasteiger charge is -2.08. The van der Waals surface area contributed by atoms with Gasteiger partial charge in [0.25, 0.3) is 0 Å². The Labute approximate surface area is 118 Å². The summed E-state index contributed by atoms with van der Waals surface area (Å²) in [5.41, 5.74) is 2.01. The predicted molar refractivity (Wildman–Crippen MR) is 77.0 cm³/mol. The molecule has 0 aliphatic rings. The molecule has 0 aliphatic heterocycles. The summed E-state index contributed by atoms with van der Waals surface area (Å²) < 4.78 is 1.86. The molecule has 2 aromatic rings. The summed E-state index contributed by atoms with van der Waals surface area (Å²) in [5.74, 6) is 1.17. The number of nitrogens with zero attached hydrogens (tertiary/aromatic N) is 2. The van der Waals surface area contributed by atoms with Gasteiger partial charge in [-0.05, 0) is 28.1 Å². The minimum atomic E-state index is 0.314. The first-order valence-electron chi connectivity index (χ1n) is 5.37. The van der Waals surface area contributed by atoms with E-state index in [1.54, 1.807) is 0 Å². The molecule has 0 unspecified atom stereocenters. The van der Waals surface area contributed by atoms with Crippen molar-refractivity contribution >= 4 is 31.9 Å². The largest absolute Gasteiger partial charge is 0.233 e. The summed E-state index contributed by atoms with van der Waals surface area (Å²) in [6.45, 7) is 4.18. The molecule has 0 saturated heterocycles. The fraction of sp³-hybridized carbons (Fsp3) is 0.231. The zero-order valence-corrected chi connectivity index (χ0v) is 12.8. The van der Waals surface area contributed by atoms with Crippen molar-refractivity contribution in [1.29, 1.82) is 0 Å². The highest BCUT2D eigenvalue weighted by atomic mass is 79.9. The molecule has 2 nitrogen and oxygen atoms in total. The SMILES string of the molecule is CC(C)c1nc(Br)cc(-c2ccccc2Br)n1. The lowest BCUT2D eigenvalue weighted by molar-refractivity contribution is 0.771. The quantitative estimate of drug-likeness (QED) is 0.723. The maximum atomic E-state index is 4.59. The Hall–Kier alpha value is -0.740. The molecular formula is C13H12Br2N2. The second-order valence-corrected chi connectivity index (χ2v) is 5.74. The van der Waals surface area contributed by atoms with Crippen molar-refractivity contribution in [2.45, 2.75) is 19.8 Å². The van der Waals surface area contributed by atoms with Crippen LogP contribution in [-0.2, 0) is 0 Å². The molecule has 0 spiro atoms. The van der Waals surface area contributed by atoms with E-state index in [0.29, 0.717) is 5.92 Å². The van der Waals surface area contributed by atoms with Crippen LogP contribution in [0.5, 0.6) is 0 Å². The van der Waals surface area contributed by atoms with Crippen LogP contribution in [0, 0.1) is 0 Å². The molecule has 0 radical (unpaired) electrons. The van der Waals surface area contributed by atoms with E-state index in [1.807, 2.05) is 30.3 Å². The van der Waals surface area contributed by atoms with E-state index in [0.717, 1.165) is 26.2 Å². The van der Waals surface area contributed by atoms with Crippen molar-refractivity contribution in [3.63, 3.8) is 0 Å². The Balaban J connectivity index is 2.56. The van der Waals surface area contributed by atoms with Gasteiger partial charge in [0.15, 0.2) is 0 Å². The van der Waals surface area contributed by atoms with Crippen LogP contribution in [0.2, 0.25) is 0 Å². The average Bonchev–Trinajstić information content (AvgIpc) is 2.28. The first-order chi connectivity index (χ1) is 8.08. The van der Waals surface area contributed by atoms with Crippen LogP contribution < -0.4 is 0 Å². The second kappa shape index (κ2) is 5.27. The number of benzene rings is 1. The van der Waals surface area contributed by atoms with Crippen LogP contribution in [0.3, 0.4) is 0 Å². The van der Waals surface area contributed by atoms with E-state index in [1.165, 1.54) is 0 Å². The molecule has 0 aliphatic carbocycles. The Kier molecular flexibility index (Phi) is 3.94. The van der Waals surface area contributed by atoms with Gasteiger partial charge < -0.3 is 0 Å². The predicted octanol–water partition coefficient (Wildman–Crippen LogP) is 4.79. The maximum absolute atomic E-state index is 4.59. The maximum Gasteiger partial charge on any atom is 0.132 e. The second-order valence-electron chi connectivity index (χ2n) is 4.07. The molecule has 0 N–H and O–H groups in total. The lowest BCUT2D eigenvalue weighted by Crippen LogP contribution is -1.99. The summed E-state index contributed by atoms with van der Waals surface area (Å²) in [7, 11) is 0. The zero-order chi connectivity index (χ0) is 12.4. The van der Waals surface area contributed by atoms with E-state index in [2.05, 4.69) is 55.7 Å². The lowest BCUT2D eigenvalue weighted by atomic mass is 10.1. The van der Waals surface area contributed by atoms with Crippen LogP contribution >= 0.6 is 31.9 Å². The Morgan fingerprint density at radius 1 is 1.06 bits per heavy atom. The molecule has 0 amide bonds. The molecular weight excluding hydrogens is 344 g/mol. The van der Waals surface area contributed by atoms with Crippen LogP contribution in [0.25, 0.3) is 11.3 Å². The zero-order valence-electron chi connectivity index (χ0n) is 9.61. The molecule has 2 rings (SSSR count). The van der Waals surface area contributed by atoms with Gasteiger partial charge in [-0.2, -0.15) is 0 Å². The topological polar surface area (TPSA) is 25.8 Å². The third-order valence-corrected chi connectivity index (χ3v) is 3.48. The highest BCUT2D eigenvalue weighted by molar-refractivity contribution is 9.10. The molecule has 1 heterocycles. The first kappa shape index (κ1) is 12.7. The van der Waals surface area contributed by atoms with Gasteiger partial charge >= 0.3 is 0 Å². The van der Waals surface area contributed by atoms with Gasteiger partial charge in [0, 0.05) is 16.0 Å². The van der Waals surface area contributed by atoms with Gasteiger partial charge in [0.2, 0.25) is 0 Å². The molecule has 17 heavy (non-hydrogen) atoms. The Bertz CT molecular complexity index is 539. The van der Waals surface area contributed by atoms with E-state index < -0.39 is 0 Å². The third kappa shape index (κ3) is 2.93. The Morgan fingerprint density at radius 3 is 2.41 bits per heavy atom. The van der Waals surface area contributed by atoms with Gasteiger partial charge in [-0.1, -0.05) is 48.0 Å². The van der Waals surface area contributed by atoms with Gasteiger partial charge in [-0.15, -0.1) is 0 Å². The number of hydrogen-bond acceptors (Lipinski definition) is 2. The van der Waals surface area contributed by atoms with Crippen molar-refractivity contribution in [3.8, 4) is 11.3 Å². The van der Waals surface area contributed by atoms with Crippen molar-refractivity contribution in [2.75, 3.05) is 0 Å². The smallest absolute Gasteiger partial charge is 0.132 e. The summed E-state index contributed by atoms with van der Waals surface area (Å²) in [5, 5.41) is 0. The molecule has 0 saturated carbocycles. The van der Waals surface area contributed by atoms with Crippen molar-refractivity contribution in [2.24, 2.45) is 0 Å². The Morgan fingerprint density at radius 2 is 1.76 bits per heavy atom.